The van der Waals surface area contributed by atoms with Gasteiger partial charge in [-0.2, -0.15) is 0 Å². The summed E-state index contributed by atoms with van der Waals surface area (Å²) in [5.74, 6) is 0. The van der Waals surface area contributed by atoms with Crippen LogP contribution in [0.5, 0.6) is 0 Å². The lowest BCUT2D eigenvalue weighted by Gasteiger charge is -2.17. The molecule has 0 aliphatic carbocycles. The minimum atomic E-state index is 0.794. The van der Waals surface area contributed by atoms with Gasteiger partial charge in [-0.1, -0.05) is 0 Å². The van der Waals surface area contributed by atoms with Crippen LogP contribution in [0.3, 0.4) is 0 Å². The van der Waals surface area contributed by atoms with Crippen molar-refractivity contribution in [3.8, 4) is 0 Å². The van der Waals surface area contributed by atoms with Crippen LogP contribution < -0.4 is 10.6 Å². The standard InChI is InChI=1S/C8H16N2/c1-3-7(9-5-1)8-4-2-6-10-8/h7-10H,1-6H2. The van der Waals surface area contributed by atoms with Crippen LogP contribution in [0.25, 0.3) is 0 Å². The number of rotatable bonds is 1. The first-order valence-corrected chi connectivity index (χ1v) is 4.43. The van der Waals surface area contributed by atoms with E-state index in [0.717, 1.165) is 12.1 Å². The zero-order chi connectivity index (χ0) is 6.81. The quantitative estimate of drug-likeness (QED) is 0.554. The Bertz CT molecular complexity index is 87.8. The van der Waals surface area contributed by atoms with Crippen LogP contribution in [0, 0.1) is 0 Å². The summed E-state index contributed by atoms with van der Waals surface area (Å²) in [5, 5.41) is 7.07. The molecule has 2 saturated heterocycles. The highest BCUT2D eigenvalue weighted by molar-refractivity contribution is 4.89. The molecule has 2 nitrogen and oxygen atoms in total. The van der Waals surface area contributed by atoms with Crippen LogP contribution in [0.4, 0.5) is 0 Å². The van der Waals surface area contributed by atoms with Crippen molar-refractivity contribution in [3.05, 3.63) is 0 Å². The third-order valence-corrected chi connectivity index (χ3v) is 2.68. The van der Waals surface area contributed by atoms with E-state index in [4.69, 9.17) is 0 Å². The fourth-order valence-corrected chi connectivity index (χ4v) is 2.11. The molecule has 0 aromatic carbocycles. The Kier molecular flexibility index (Phi) is 1.91. The molecule has 0 saturated carbocycles. The number of hydrogen-bond donors (Lipinski definition) is 2. The minimum absolute atomic E-state index is 0.794. The van der Waals surface area contributed by atoms with Crippen LogP contribution in [0.2, 0.25) is 0 Å². The summed E-state index contributed by atoms with van der Waals surface area (Å²) in [6.45, 7) is 2.48. The molecule has 2 aliphatic heterocycles. The molecule has 0 aromatic heterocycles. The molecule has 2 unspecified atom stereocenters. The van der Waals surface area contributed by atoms with Gasteiger partial charge in [-0.25, -0.2) is 0 Å². The maximum atomic E-state index is 3.54. The Morgan fingerprint density at radius 1 is 0.800 bits per heavy atom. The lowest BCUT2D eigenvalue weighted by molar-refractivity contribution is 0.449. The van der Waals surface area contributed by atoms with E-state index in [2.05, 4.69) is 10.6 Å². The first-order chi connectivity index (χ1) is 4.97. The lowest BCUT2D eigenvalue weighted by atomic mass is 10.1. The fourth-order valence-electron chi connectivity index (χ4n) is 2.11. The van der Waals surface area contributed by atoms with Crippen molar-refractivity contribution < 1.29 is 0 Å². The summed E-state index contributed by atoms with van der Waals surface area (Å²) in [7, 11) is 0. The van der Waals surface area contributed by atoms with Crippen LogP contribution in [0.15, 0.2) is 0 Å². The van der Waals surface area contributed by atoms with E-state index < -0.39 is 0 Å². The Morgan fingerprint density at radius 3 is 1.60 bits per heavy atom. The van der Waals surface area contributed by atoms with Gasteiger partial charge in [-0.15, -0.1) is 0 Å². The van der Waals surface area contributed by atoms with E-state index in [-0.39, 0.29) is 0 Å². The summed E-state index contributed by atoms with van der Waals surface area (Å²) >= 11 is 0. The van der Waals surface area contributed by atoms with Crippen LogP contribution in [-0.2, 0) is 0 Å². The van der Waals surface area contributed by atoms with E-state index in [0.29, 0.717) is 0 Å². The van der Waals surface area contributed by atoms with Gasteiger partial charge < -0.3 is 10.6 Å². The summed E-state index contributed by atoms with van der Waals surface area (Å²) in [6.07, 6.45) is 5.53. The monoisotopic (exact) mass is 140 g/mol. The van der Waals surface area contributed by atoms with Gasteiger partial charge in [-0.3, -0.25) is 0 Å². The summed E-state index contributed by atoms with van der Waals surface area (Å²) in [6, 6.07) is 1.59. The minimum Gasteiger partial charge on any atom is -0.312 e. The van der Waals surface area contributed by atoms with E-state index in [1.807, 2.05) is 0 Å². The van der Waals surface area contributed by atoms with Crippen molar-refractivity contribution in [3.63, 3.8) is 0 Å². The zero-order valence-corrected chi connectivity index (χ0v) is 6.40. The van der Waals surface area contributed by atoms with E-state index in [1.165, 1.54) is 38.8 Å². The maximum Gasteiger partial charge on any atom is 0.0221 e. The van der Waals surface area contributed by atoms with Crippen molar-refractivity contribution in [1.29, 1.82) is 0 Å². The fraction of sp³-hybridized carbons (Fsp3) is 1.00. The molecule has 2 aliphatic rings. The highest BCUT2D eigenvalue weighted by atomic mass is 15.0. The van der Waals surface area contributed by atoms with Gasteiger partial charge in [0.2, 0.25) is 0 Å². The third kappa shape index (κ3) is 1.18. The summed E-state index contributed by atoms with van der Waals surface area (Å²) in [5.41, 5.74) is 0. The first kappa shape index (κ1) is 6.62. The predicted molar refractivity (Wildman–Crippen MR) is 42.0 cm³/mol. The largest absolute Gasteiger partial charge is 0.312 e. The molecule has 58 valence electrons. The van der Waals surface area contributed by atoms with Gasteiger partial charge in [-0.05, 0) is 38.8 Å². The van der Waals surface area contributed by atoms with E-state index in [1.54, 1.807) is 0 Å². The predicted octanol–water partition coefficient (Wildman–Crippen LogP) is 0.490. The topological polar surface area (TPSA) is 24.1 Å². The Labute approximate surface area is 62.4 Å². The zero-order valence-electron chi connectivity index (χ0n) is 6.40. The van der Waals surface area contributed by atoms with Gasteiger partial charge >= 0.3 is 0 Å². The average Bonchev–Trinajstić information content (AvgIpc) is 2.59. The highest BCUT2D eigenvalue weighted by Crippen LogP contribution is 2.16. The van der Waals surface area contributed by atoms with Crippen molar-refractivity contribution >= 4 is 0 Å². The number of nitrogens with one attached hydrogen (secondary N) is 2. The van der Waals surface area contributed by atoms with E-state index >= 15 is 0 Å². The molecular formula is C8H16N2. The smallest absolute Gasteiger partial charge is 0.0221 e. The van der Waals surface area contributed by atoms with Crippen LogP contribution >= 0.6 is 0 Å². The van der Waals surface area contributed by atoms with Gasteiger partial charge in [0.05, 0.1) is 0 Å². The second-order valence-electron chi connectivity index (χ2n) is 3.41. The van der Waals surface area contributed by atoms with Crippen LogP contribution in [-0.4, -0.2) is 25.2 Å². The number of hydrogen-bond acceptors (Lipinski definition) is 2. The molecule has 2 N–H and O–H groups in total. The second-order valence-corrected chi connectivity index (χ2v) is 3.41. The molecule has 0 amide bonds. The van der Waals surface area contributed by atoms with Crippen molar-refractivity contribution in [1.82, 2.24) is 10.6 Å². The van der Waals surface area contributed by atoms with E-state index in [9.17, 15) is 0 Å². The van der Waals surface area contributed by atoms with Gasteiger partial charge in [0.15, 0.2) is 0 Å². The van der Waals surface area contributed by atoms with Crippen molar-refractivity contribution in [2.24, 2.45) is 0 Å². The molecular weight excluding hydrogens is 124 g/mol. The Balaban J connectivity index is 1.85. The highest BCUT2D eigenvalue weighted by Gasteiger charge is 2.26. The van der Waals surface area contributed by atoms with Crippen molar-refractivity contribution in [2.75, 3.05) is 13.1 Å². The molecule has 2 fully saturated rings. The molecule has 2 atom stereocenters. The van der Waals surface area contributed by atoms with Gasteiger partial charge in [0, 0.05) is 12.1 Å². The third-order valence-electron chi connectivity index (χ3n) is 2.68. The molecule has 0 bridgehead atoms. The van der Waals surface area contributed by atoms with Crippen LogP contribution in [0.1, 0.15) is 25.7 Å². The summed E-state index contributed by atoms with van der Waals surface area (Å²) in [4.78, 5) is 0. The molecule has 10 heavy (non-hydrogen) atoms. The molecule has 2 heterocycles. The Hall–Kier alpha value is -0.0800. The average molecular weight is 140 g/mol. The molecule has 2 heteroatoms. The SMILES string of the molecule is C1CNC(C2CCCN2)C1. The molecule has 2 rings (SSSR count). The first-order valence-electron chi connectivity index (χ1n) is 4.43. The lowest BCUT2D eigenvalue weighted by Crippen LogP contribution is -2.40. The summed E-state index contributed by atoms with van der Waals surface area (Å²) < 4.78 is 0. The molecule has 0 aromatic rings. The second kappa shape index (κ2) is 2.89. The molecule has 0 radical (unpaired) electrons. The normalized spacial score (nSPS) is 40.8. The van der Waals surface area contributed by atoms with Gasteiger partial charge in [0.1, 0.15) is 0 Å². The maximum absolute atomic E-state index is 3.54. The van der Waals surface area contributed by atoms with Gasteiger partial charge in [0.25, 0.3) is 0 Å². The Morgan fingerprint density at radius 2 is 1.30 bits per heavy atom. The molecule has 0 spiro atoms. The van der Waals surface area contributed by atoms with Crippen molar-refractivity contribution in [2.45, 2.75) is 37.8 Å².